The van der Waals surface area contributed by atoms with E-state index < -0.39 is 5.82 Å². The first-order valence-electron chi connectivity index (χ1n) is 12.6. The van der Waals surface area contributed by atoms with Crippen LogP contribution >= 0.6 is 11.6 Å². The number of aromatic nitrogens is 2. The van der Waals surface area contributed by atoms with Crippen molar-refractivity contribution in [2.75, 3.05) is 57.5 Å². The summed E-state index contributed by atoms with van der Waals surface area (Å²) in [6.07, 6.45) is 5.16. The lowest BCUT2D eigenvalue weighted by Gasteiger charge is -2.38. The highest BCUT2D eigenvalue weighted by Gasteiger charge is 2.43. The monoisotopic (exact) mass is 526 g/mol. The van der Waals surface area contributed by atoms with Crippen molar-refractivity contribution in [3.63, 3.8) is 0 Å². The van der Waals surface area contributed by atoms with Gasteiger partial charge in [0.25, 0.3) is 0 Å². The average Bonchev–Trinajstić information content (AvgIpc) is 3.17. The van der Waals surface area contributed by atoms with Gasteiger partial charge in [-0.1, -0.05) is 11.6 Å². The molecule has 2 aliphatic heterocycles. The van der Waals surface area contributed by atoms with Gasteiger partial charge in [0.05, 0.1) is 23.5 Å². The molecule has 1 amide bonds. The predicted molar refractivity (Wildman–Crippen MR) is 144 cm³/mol. The molecule has 5 rings (SSSR count). The van der Waals surface area contributed by atoms with Crippen molar-refractivity contribution in [2.45, 2.75) is 25.7 Å². The second kappa shape index (κ2) is 10.7. The number of anilines is 3. The van der Waals surface area contributed by atoms with E-state index in [9.17, 15) is 9.18 Å². The lowest BCUT2D eigenvalue weighted by atomic mass is 9.77. The van der Waals surface area contributed by atoms with Gasteiger partial charge in [0.15, 0.2) is 0 Å². The van der Waals surface area contributed by atoms with Crippen LogP contribution in [0, 0.1) is 11.2 Å². The first-order chi connectivity index (χ1) is 17.9. The van der Waals surface area contributed by atoms with E-state index in [0.29, 0.717) is 40.5 Å². The number of likely N-dealkylation sites (tertiary alicyclic amines) is 2. The molecule has 1 spiro atoms. The predicted octanol–water partition coefficient (Wildman–Crippen LogP) is 4.92. The number of amides is 1. The first-order valence-corrected chi connectivity index (χ1v) is 13.0. The molecule has 1 aromatic heterocycles. The van der Waals surface area contributed by atoms with E-state index in [0.717, 1.165) is 51.1 Å². The van der Waals surface area contributed by atoms with Crippen LogP contribution in [0.4, 0.5) is 21.6 Å². The summed E-state index contributed by atoms with van der Waals surface area (Å²) in [5, 5.41) is 7.36. The zero-order valence-electron chi connectivity index (χ0n) is 21.2. The van der Waals surface area contributed by atoms with Crippen molar-refractivity contribution in [1.82, 2.24) is 19.8 Å². The van der Waals surface area contributed by atoms with Crippen LogP contribution in [0.2, 0.25) is 5.02 Å². The molecule has 196 valence electrons. The van der Waals surface area contributed by atoms with Crippen LogP contribution in [0.25, 0.3) is 10.9 Å². The maximum Gasteiger partial charge on any atom is 0.222 e. The topological polar surface area (TPSA) is 82.6 Å². The summed E-state index contributed by atoms with van der Waals surface area (Å²) in [7, 11) is 3.75. The normalized spacial score (nSPS) is 17.5. The SMILES string of the molecule is CNc1cc2ncnc(Nc3cc(Cl)ccc3F)c2cc1OCCCN1CCC2(CC1)CC(=O)N(C)C2. The molecular weight excluding hydrogens is 495 g/mol. The Bertz CT molecular complexity index is 1300. The Morgan fingerprint density at radius 1 is 1.16 bits per heavy atom. The fourth-order valence-electron chi connectivity index (χ4n) is 5.38. The second-order valence-electron chi connectivity index (χ2n) is 10.1. The van der Waals surface area contributed by atoms with Crippen molar-refractivity contribution < 1.29 is 13.9 Å². The molecule has 37 heavy (non-hydrogen) atoms. The van der Waals surface area contributed by atoms with Crippen molar-refractivity contribution in [3.05, 3.63) is 47.5 Å². The van der Waals surface area contributed by atoms with Gasteiger partial charge in [-0.3, -0.25) is 4.79 Å². The minimum Gasteiger partial charge on any atom is -0.491 e. The minimum absolute atomic E-state index is 0.174. The van der Waals surface area contributed by atoms with Gasteiger partial charge in [-0.25, -0.2) is 14.4 Å². The largest absolute Gasteiger partial charge is 0.491 e. The number of rotatable bonds is 8. The molecule has 0 radical (unpaired) electrons. The fraction of sp³-hybridized carbons (Fsp3) is 0.444. The summed E-state index contributed by atoms with van der Waals surface area (Å²) >= 11 is 6.05. The smallest absolute Gasteiger partial charge is 0.222 e. The quantitative estimate of drug-likeness (QED) is 0.403. The van der Waals surface area contributed by atoms with Crippen LogP contribution in [0.5, 0.6) is 5.75 Å². The molecule has 0 saturated carbocycles. The molecule has 2 N–H and O–H groups in total. The molecule has 10 heteroatoms. The molecule has 2 fully saturated rings. The van der Waals surface area contributed by atoms with Crippen LogP contribution in [0.3, 0.4) is 0 Å². The number of nitrogens with zero attached hydrogens (tertiary/aromatic N) is 4. The summed E-state index contributed by atoms with van der Waals surface area (Å²) in [6.45, 7) is 4.44. The van der Waals surface area contributed by atoms with Crippen molar-refractivity contribution in [3.8, 4) is 5.75 Å². The van der Waals surface area contributed by atoms with Crippen molar-refractivity contribution >= 4 is 45.6 Å². The van der Waals surface area contributed by atoms with E-state index in [1.165, 1.54) is 24.5 Å². The number of benzene rings is 2. The van der Waals surface area contributed by atoms with Crippen LogP contribution in [-0.2, 0) is 4.79 Å². The van der Waals surface area contributed by atoms with Crippen LogP contribution in [-0.4, -0.2) is 72.6 Å². The molecule has 0 bridgehead atoms. The Morgan fingerprint density at radius 3 is 2.70 bits per heavy atom. The maximum absolute atomic E-state index is 14.3. The Labute approximate surface area is 221 Å². The van der Waals surface area contributed by atoms with Crippen molar-refractivity contribution in [1.29, 1.82) is 0 Å². The molecule has 0 aliphatic carbocycles. The number of ether oxygens (including phenoxy) is 1. The summed E-state index contributed by atoms with van der Waals surface area (Å²) in [6, 6.07) is 8.12. The van der Waals surface area contributed by atoms with Gasteiger partial charge in [0.2, 0.25) is 5.91 Å². The molecule has 3 aromatic rings. The number of hydrogen-bond donors (Lipinski definition) is 2. The number of carbonyl (C=O) groups is 1. The third-order valence-corrected chi connectivity index (χ3v) is 7.74. The third kappa shape index (κ3) is 5.57. The molecular formula is C27H32ClFN6O2. The van der Waals surface area contributed by atoms with Crippen LogP contribution < -0.4 is 15.4 Å². The Morgan fingerprint density at radius 2 is 1.97 bits per heavy atom. The summed E-state index contributed by atoms with van der Waals surface area (Å²) in [5.74, 6) is 1.01. The number of nitrogens with one attached hydrogen (secondary N) is 2. The van der Waals surface area contributed by atoms with E-state index in [2.05, 4.69) is 25.5 Å². The summed E-state index contributed by atoms with van der Waals surface area (Å²) in [4.78, 5) is 25.1. The number of carbonyl (C=O) groups excluding carboxylic acids is 1. The van der Waals surface area contributed by atoms with Gasteiger partial charge >= 0.3 is 0 Å². The molecule has 3 heterocycles. The van der Waals surface area contributed by atoms with E-state index in [4.69, 9.17) is 16.3 Å². The maximum atomic E-state index is 14.3. The van der Waals surface area contributed by atoms with Gasteiger partial charge in [0.1, 0.15) is 23.7 Å². The molecule has 0 atom stereocenters. The molecule has 2 aromatic carbocycles. The lowest BCUT2D eigenvalue weighted by molar-refractivity contribution is -0.126. The van der Waals surface area contributed by atoms with Crippen LogP contribution in [0.15, 0.2) is 36.7 Å². The first kappa shape index (κ1) is 25.5. The molecule has 2 aliphatic rings. The van der Waals surface area contributed by atoms with Gasteiger partial charge < -0.3 is 25.2 Å². The summed E-state index contributed by atoms with van der Waals surface area (Å²) < 4.78 is 20.5. The Kier molecular flexibility index (Phi) is 7.35. The Balaban J connectivity index is 1.22. The second-order valence-corrected chi connectivity index (χ2v) is 10.5. The van der Waals surface area contributed by atoms with E-state index in [1.54, 1.807) is 0 Å². The highest BCUT2D eigenvalue weighted by Crippen LogP contribution is 2.40. The summed E-state index contributed by atoms with van der Waals surface area (Å²) in [5.41, 5.74) is 1.94. The van der Waals surface area contributed by atoms with E-state index in [-0.39, 0.29) is 17.0 Å². The van der Waals surface area contributed by atoms with E-state index in [1.807, 2.05) is 31.1 Å². The zero-order valence-corrected chi connectivity index (χ0v) is 21.9. The third-order valence-electron chi connectivity index (χ3n) is 7.51. The molecule has 8 nitrogen and oxygen atoms in total. The van der Waals surface area contributed by atoms with Crippen molar-refractivity contribution in [2.24, 2.45) is 5.41 Å². The lowest BCUT2D eigenvalue weighted by Crippen LogP contribution is -2.41. The number of piperidine rings is 1. The van der Waals surface area contributed by atoms with Gasteiger partial charge in [-0.15, -0.1) is 0 Å². The zero-order chi connectivity index (χ0) is 26.0. The van der Waals surface area contributed by atoms with Crippen LogP contribution in [0.1, 0.15) is 25.7 Å². The minimum atomic E-state index is -0.422. The number of hydrogen-bond acceptors (Lipinski definition) is 7. The highest BCUT2D eigenvalue weighted by molar-refractivity contribution is 6.30. The fourth-order valence-corrected chi connectivity index (χ4v) is 5.55. The number of halogens is 2. The standard InChI is InChI=1S/C27H32ClFN6O2/c1-30-23-14-21-19(26(32-17-31-21)33-22-12-18(28)4-5-20(22)29)13-24(23)37-11-3-8-35-9-6-27(7-10-35)15-25(36)34(2)16-27/h4-5,12-14,17,30H,3,6-11,15-16H2,1-2H3,(H,31,32,33). The van der Waals surface area contributed by atoms with Gasteiger partial charge in [-0.05, 0) is 68.1 Å². The molecule has 2 saturated heterocycles. The number of fused-ring (bicyclic) bond motifs is 1. The van der Waals surface area contributed by atoms with E-state index >= 15 is 0 Å². The Hall–Kier alpha value is -3.17. The van der Waals surface area contributed by atoms with Gasteiger partial charge in [0, 0.05) is 44.0 Å². The molecule has 0 unspecified atom stereocenters. The highest BCUT2D eigenvalue weighted by atomic mass is 35.5. The van der Waals surface area contributed by atoms with Gasteiger partial charge in [-0.2, -0.15) is 0 Å². The average molecular weight is 527 g/mol.